The first kappa shape index (κ1) is 22.5. The Balaban J connectivity index is 1.44. The van der Waals surface area contributed by atoms with Gasteiger partial charge in [0.2, 0.25) is 0 Å². The predicted molar refractivity (Wildman–Crippen MR) is 133 cm³/mol. The number of carbonyl (C=O) groups is 2. The number of aromatic nitrogens is 2. The lowest BCUT2D eigenvalue weighted by Gasteiger charge is -2.39. The molecule has 1 spiro atoms. The monoisotopic (exact) mass is 469 g/mol. The molecule has 1 saturated heterocycles. The molecule has 4 N–H and O–H groups in total. The molecule has 2 heterocycles. The maximum Gasteiger partial charge on any atom is 0.298 e. The van der Waals surface area contributed by atoms with Crippen molar-refractivity contribution in [1.29, 1.82) is 0 Å². The van der Waals surface area contributed by atoms with Gasteiger partial charge in [-0.25, -0.2) is 4.68 Å². The Morgan fingerprint density at radius 1 is 1.06 bits per heavy atom. The second-order valence-corrected chi connectivity index (χ2v) is 9.06. The van der Waals surface area contributed by atoms with Crippen LogP contribution in [0.1, 0.15) is 49.0 Å². The number of rotatable bonds is 5. The molecule has 5 rings (SSSR count). The number of hydrogen-bond acceptors (Lipinski definition) is 5. The Kier molecular flexibility index (Phi) is 5.69. The third-order valence-corrected chi connectivity index (χ3v) is 6.86. The maximum atomic E-state index is 12.7. The smallest absolute Gasteiger partial charge is 0.298 e. The van der Waals surface area contributed by atoms with Crippen LogP contribution < -0.4 is 16.2 Å². The normalized spacial score (nSPS) is 18.0. The van der Waals surface area contributed by atoms with E-state index in [1.807, 2.05) is 59.5 Å². The Bertz CT molecular complexity index is 1330. The molecule has 178 valence electrons. The van der Waals surface area contributed by atoms with Crippen LogP contribution in [0.4, 0.5) is 5.82 Å². The van der Waals surface area contributed by atoms with E-state index in [0.717, 1.165) is 31.4 Å². The molecule has 35 heavy (non-hydrogen) atoms. The molecule has 1 aliphatic carbocycles. The summed E-state index contributed by atoms with van der Waals surface area (Å²) in [7, 11) is 0. The fourth-order valence-electron chi connectivity index (χ4n) is 4.88. The Hall–Kier alpha value is -4.25. The summed E-state index contributed by atoms with van der Waals surface area (Å²) in [6, 6.07) is 16.6. The summed E-state index contributed by atoms with van der Waals surface area (Å²) in [5.41, 5.74) is 13.3. The highest BCUT2D eigenvalue weighted by Crippen LogP contribution is 2.50. The van der Waals surface area contributed by atoms with Gasteiger partial charge < -0.3 is 21.1 Å². The van der Waals surface area contributed by atoms with Crippen LogP contribution >= 0.6 is 0 Å². The zero-order valence-corrected chi connectivity index (χ0v) is 19.5. The highest BCUT2D eigenvalue weighted by Gasteiger charge is 2.53. The molecule has 2 amide bonds. The van der Waals surface area contributed by atoms with Crippen molar-refractivity contribution < 1.29 is 14.3 Å². The molecule has 1 unspecified atom stereocenters. The van der Waals surface area contributed by atoms with Gasteiger partial charge in [-0.2, -0.15) is 5.10 Å². The summed E-state index contributed by atoms with van der Waals surface area (Å²) in [6.07, 6.45) is 3.62. The second kappa shape index (κ2) is 8.84. The van der Waals surface area contributed by atoms with Crippen molar-refractivity contribution in [3.8, 4) is 34.6 Å². The zero-order chi connectivity index (χ0) is 24.6. The van der Waals surface area contributed by atoms with Gasteiger partial charge in [-0.3, -0.25) is 9.59 Å². The van der Waals surface area contributed by atoms with Crippen LogP contribution in [0.2, 0.25) is 0 Å². The number of likely N-dealkylation sites (tertiary alicyclic amines) is 1. The van der Waals surface area contributed by atoms with Crippen LogP contribution in [-0.2, 0) is 4.79 Å². The number of anilines is 1. The zero-order valence-electron chi connectivity index (χ0n) is 19.5. The quantitative estimate of drug-likeness (QED) is 0.552. The molecular formula is C27H27N5O3. The van der Waals surface area contributed by atoms with Gasteiger partial charge in [0.1, 0.15) is 28.6 Å². The first-order chi connectivity index (χ1) is 16.9. The molecule has 1 aliphatic heterocycles. The van der Waals surface area contributed by atoms with Gasteiger partial charge >= 0.3 is 0 Å². The highest BCUT2D eigenvalue weighted by molar-refractivity contribution is 6.03. The largest absolute Gasteiger partial charge is 0.457 e. The van der Waals surface area contributed by atoms with Gasteiger partial charge in [0.15, 0.2) is 0 Å². The summed E-state index contributed by atoms with van der Waals surface area (Å²) in [5, 5.41) is 4.72. The molecule has 8 nitrogen and oxygen atoms in total. The van der Waals surface area contributed by atoms with E-state index < -0.39 is 5.91 Å². The number of primary amides is 1. The average Bonchev–Trinajstić information content (AvgIpc) is 3.53. The third-order valence-electron chi connectivity index (χ3n) is 6.86. The average molecular weight is 470 g/mol. The van der Waals surface area contributed by atoms with Gasteiger partial charge in [0.05, 0.1) is 6.04 Å². The molecule has 2 aliphatic rings. The minimum absolute atomic E-state index is 0.0940. The van der Waals surface area contributed by atoms with Crippen LogP contribution in [0, 0.1) is 11.8 Å². The molecule has 0 bridgehead atoms. The highest BCUT2D eigenvalue weighted by atomic mass is 16.5. The molecule has 1 aromatic heterocycles. The SMILES string of the molecule is CC#CC(=O)N1CC(n2nc(-c3ccc(Oc4ccccc4)cc3)c(C(N)=O)c2N)CCC12CC2. The second-order valence-electron chi connectivity index (χ2n) is 9.06. The predicted octanol–water partition coefficient (Wildman–Crippen LogP) is 3.74. The molecule has 8 heteroatoms. The maximum absolute atomic E-state index is 12.7. The third kappa shape index (κ3) is 4.21. The molecule has 2 fully saturated rings. The van der Waals surface area contributed by atoms with Crippen LogP contribution in [0.5, 0.6) is 11.5 Å². The number of amides is 2. The molecule has 0 radical (unpaired) electrons. The van der Waals surface area contributed by atoms with E-state index in [4.69, 9.17) is 21.3 Å². The van der Waals surface area contributed by atoms with Crippen molar-refractivity contribution in [2.24, 2.45) is 5.73 Å². The molecule has 1 atom stereocenters. The summed E-state index contributed by atoms with van der Waals surface area (Å²) in [5.74, 6) is 6.15. The van der Waals surface area contributed by atoms with Gasteiger partial charge in [0.25, 0.3) is 11.8 Å². The molecular weight excluding hydrogens is 442 g/mol. The van der Waals surface area contributed by atoms with Crippen LogP contribution in [0.25, 0.3) is 11.3 Å². The van der Waals surface area contributed by atoms with E-state index in [9.17, 15) is 9.59 Å². The van der Waals surface area contributed by atoms with Crippen molar-refractivity contribution in [2.75, 3.05) is 12.3 Å². The summed E-state index contributed by atoms with van der Waals surface area (Å²) in [4.78, 5) is 26.9. The molecule has 3 aromatic rings. The van der Waals surface area contributed by atoms with Crippen molar-refractivity contribution in [1.82, 2.24) is 14.7 Å². The van der Waals surface area contributed by atoms with E-state index in [1.54, 1.807) is 11.6 Å². The standard InChI is InChI=1S/C27H27N5O3/c1-2-6-22(33)31-17-19(13-14-27(31)15-16-27)32-25(28)23(26(29)34)24(30-32)18-9-11-21(12-10-18)35-20-7-4-3-5-8-20/h3-5,7-12,19H,13-17,28H2,1H3,(H2,29,34). The minimum atomic E-state index is -0.646. The number of benzene rings is 2. The fourth-order valence-corrected chi connectivity index (χ4v) is 4.88. The molecule has 1 saturated carbocycles. The number of piperidine rings is 1. The fraction of sp³-hybridized carbons (Fsp3) is 0.296. The van der Waals surface area contributed by atoms with Gasteiger partial charge in [-0.05, 0) is 74.9 Å². The van der Waals surface area contributed by atoms with Gasteiger partial charge in [-0.15, -0.1) is 0 Å². The van der Waals surface area contributed by atoms with Crippen molar-refractivity contribution >= 4 is 17.6 Å². The van der Waals surface area contributed by atoms with Crippen molar-refractivity contribution in [3.63, 3.8) is 0 Å². The van der Waals surface area contributed by atoms with Crippen LogP contribution in [-0.4, -0.2) is 38.6 Å². The first-order valence-electron chi connectivity index (χ1n) is 11.7. The number of para-hydroxylation sites is 1. The number of carbonyl (C=O) groups excluding carboxylic acids is 2. The Morgan fingerprint density at radius 2 is 1.74 bits per heavy atom. The summed E-state index contributed by atoms with van der Waals surface area (Å²) < 4.78 is 7.51. The van der Waals surface area contributed by atoms with E-state index in [1.165, 1.54) is 0 Å². The van der Waals surface area contributed by atoms with Crippen LogP contribution in [0.3, 0.4) is 0 Å². The lowest BCUT2D eigenvalue weighted by Crippen LogP contribution is -2.49. The first-order valence-corrected chi connectivity index (χ1v) is 11.7. The van der Waals surface area contributed by atoms with Gasteiger partial charge in [0, 0.05) is 17.6 Å². The number of nitrogen functional groups attached to an aromatic ring is 1. The summed E-state index contributed by atoms with van der Waals surface area (Å²) in [6.45, 7) is 2.10. The minimum Gasteiger partial charge on any atom is -0.457 e. The van der Waals surface area contributed by atoms with E-state index >= 15 is 0 Å². The van der Waals surface area contributed by atoms with Crippen molar-refractivity contribution in [2.45, 2.75) is 44.2 Å². The van der Waals surface area contributed by atoms with E-state index in [2.05, 4.69) is 11.8 Å². The van der Waals surface area contributed by atoms with Crippen LogP contribution in [0.15, 0.2) is 54.6 Å². The van der Waals surface area contributed by atoms with E-state index in [-0.39, 0.29) is 28.9 Å². The number of nitrogens with zero attached hydrogens (tertiary/aromatic N) is 3. The number of nitrogens with two attached hydrogens (primary N) is 2. The lowest BCUT2D eigenvalue weighted by atomic mass is 9.96. The van der Waals surface area contributed by atoms with E-state index in [0.29, 0.717) is 23.6 Å². The number of ether oxygens (including phenoxy) is 1. The van der Waals surface area contributed by atoms with Gasteiger partial charge in [-0.1, -0.05) is 24.1 Å². The topological polar surface area (TPSA) is 116 Å². The molecule has 2 aromatic carbocycles. The Morgan fingerprint density at radius 3 is 2.37 bits per heavy atom. The Labute approximate surface area is 203 Å². The van der Waals surface area contributed by atoms with Crippen molar-refractivity contribution in [3.05, 3.63) is 60.2 Å². The number of hydrogen-bond donors (Lipinski definition) is 2. The lowest BCUT2D eigenvalue weighted by molar-refractivity contribution is -0.130. The summed E-state index contributed by atoms with van der Waals surface area (Å²) >= 11 is 0.